The van der Waals surface area contributed by atoms with Gasteiger partial charge >= 0.3 is 0 Å². The predicted molar refractivity (Wildman–Crippen MR) is 72.6 cm³/mol. The van der Waals surface area contributed by atoms with Crippen LogP contribution in [0.1, 0.15) is 43.4 Å². The highest BCUT2D eigenvalue weighted by molar-refractivity contribution is 6.30. The molecule has 0 saturated heterocycles. The van der Waals surface area contributed by atoms with E-state index in [1.54, 1.807) is 4.68 Å². The molecule has 1 saturated carbocycles. The van der Waals surface area contributed by atoms with Crippen molar-refractivity contribution in [1.82, 2.24) is 9.78 Å². The minimum Gasteiger partial charge on any atom is -0.372 e. The van der Waals surface area contributed by atoms with Gasteiger partial charge in [-0.25, -0.2) is 0 Å². The van der Waals surface area contributed by atoms with Crippen LogP contribution in [-0.2, 0) is 18.4 Å². The maximum Gasteiger partial charge on any atom is 0.132 e. The van der Waals surface area contributed by atoms with Gasteiger partial charge in [-0.05, 0) is 19.8 Å². The lowest BCUT2D eigenvalue weighted by atomic mass is 10.1. The number of ether oxygens (including phenoxy) is 1. The Labute approximate surface area is 113 Å². The number of rotatable bonds is 3. The summed E-state index contributed by atoms with van der Waals surface area (Å²) < 4.78 is 7.66. The number of nitrogens with zero attached hydrogens (tertiary/aromatic N) is 2. The number of hydrogen-bond donors (Lipinski definition) is 1. The van der Waals surface area contributed by atoms with Crippen LogP contribution in [0.4, 0.5) is 0 Å². The first kappa shape index (κ1) is 13.8. The largest absolute Gasteiger partial charge is 0.372 e. The average molecular weight is 272 g/mol. The summed E-state index contributed by atoms with van der Waals surface area (Å²) in [6.07, 6.45) is 5.96. The van der Waals surface area contributed by atoms with Crippen molar-refractivity contribution in [1.29, 1.82) is 0 Å². The topological polar surface area (TPSA) is 53.1 Å². The van der Waals surface area contributed by atoms with Crippen molar-refractivity contribution in [2.45, 2.75) is 57.8 Å². The third kappa shape index (κ3) is 3.05. The molecule has 1 heterocycles. The van der Waals surface area contributed by atoms with E-state index in [2.05, 4.69) is 5.10 Å². The van der Waals surface area contributed by atoms with Crippen LogP contribution in [0, 0.1) is 6.92 Å². The minimum atomic E-state index is 0.156. The van der Waals surface area contributed by atoms with Gasteiger partial charge in [0.2, 0.25) is 0 Å². The summed E-state index contributed by atoms with van der Waals surface area (Å²) in [6, 6.07) is 0.156. The van der Waals surface area contributed by atoms with Gasteiger partial charge < -0.3 is 10.5 Å². The summed E-state index contributed by atoms with van der Waals surface area (Å²) in [4.78, 5) is 0. The number of halogens is 1. The summed E-state index contributed by atoms with van der Waals surface area (Å²) in [5.41, 5.74) is 8.06. The lowest BCUT2D eigenvalue weighted by molar-refractivity contribution is 0.0192. The molecule has 2 rings (SSSR count). The highest BCUT2D eigenvalue weighted by Gasteiger charge is 2.22. The van der Waals surface area contributed by atoms with Crippen molar-refractivity contribution in [3.63, 3.8) is 0 Å². The first-order valence-corrected chi connectivity index (χ1v) is 7.02. The van der Waals surface area contributed by atoms with Gasteiger partial charge in [-0.2, -0.15) is 5.10 Å². The van der Waals surface area contributed by atoms with E-state index in [-0.39, 0.29) is 12.1 Å². The highest BCUT2D eigenvalue weighted by Crippen LogP contribution is 2.24. The third-order valence-electron chi connectivity index (χ3n) is 3.72. The molecule has 5 heteroatoms. The normalized spacial score (nSPS) is 25.1. The standard InChI is InChI=1S/C13H22ClN3O/c1-9-10(13(14)17(2)16-9)8-18-12-7-5-3-4-6-11(12)15/h11-12H,3-8,15H2,1-2H3. The Morgan fingerprint density at radius 3 is 2.78 bits per heavy atom. The van der Waals surface area contributed by atoms with Crippen molar-refractivity contribution < 1.29 is 4.74 Å². The van der Waals surface area contributed by atoms with Gasteiger partial charge in [0.25, 0.3) is 0 Å². The molecule has 0 spiro atoms. The molecule has 0 bridgehead atoms. The van der Waals surface area contributed by atoms with Crippen LogP contribution in [-0.4, -0.2) is 21.9 Å². The van der Waals surface area contributed by atoms with E-state index in [4.69, 9.17) is 22.1 Å². The Bertz CT molecular complexity index is 405. The molecule has 0 aliphatic heterocycles. The molecule has 2 atom stereocenters. The van der Waals surface area contributed by atoms with Crippen LogP contribution >= 0.6 is 11.6 Å². The molecule has 0 aromatic carbocycles. The molecule has 4 nitrogen and oxygen atoms in total. The Morgan fingerprint density at radius 1 is 1.39 bits per heavy atom. The van der Waals surface area contributed by atoms with Crippen molar-refractivity contribution >= 4 is 11.6 Å². The molecule has 2 unspecified atom stereocenters. The zero-order valence-electron chi connectivity index (χ0n) is 11.2. The minimum absolute atomic E-state index is 0.156. The smallest absolute Gasteiger partial charge is 0.132 e. The number of nitrogens with two attached hydrogens (primary N) is 1. The van der Waals surface area contributed by atoms with Crippen molar-refractivity contribution in [2.75, 3.05) is 0 Å². The first-order chi connectivity index (χ1) is 8.59. The highest BCUT2D eigenvalue weighted by atomic mass is 35.5. The fraction of sp³-hybridized carbons (Fsp3) is 0.769. The molecular formula is C13H22ClN3O. The lowest BCUT2D eigenvalue weighted by Gasteiger charge is -2.21. The van der Waals surface area contributed by atoms with Gasteiger partial charge in [-0.15, -0.1) is 0 Å². The Balaban J connectivity index is 1.97. The van der Waals surface area contributed by atoms with Gasteiger partial charge in [0.15, 0.2) is 0 Å². The fourth-order valence-electron chi connectivity index (χ4n) is 2.54. The Morgan fingerprint density at radius 2 is 2.11 bits per heavy atom. The molecule has 102 valence electrons. The molecule has 0 amide bonds. The van der Waals surface area contributed by atoms with Gasteiger partial charge in [-0.3, -0.25) is 4.68 Å². The third-order valence-corrected chi connectivity index (χ3v) is 4.19. The van der Waals surface area contributed by atoms with E-state index < -0.39 is 0 Å². The molecular weight excluding hydrogens is 250 g/mol. The first-order valence-electron chi connectivity index (χ1n) is 6.64. The lowest BCUT2D eigenvalue weighted by Crippen LogP contribution is -2.35. The second-order valence-electron chi connectivity index (χ2n) is 5.13. The predicted octanol–water partition coefficient (Wildman–Crippen LogP) is 2.56. The molecule has 1 aromatic heterocycles. The maximum absolute atomic E-state index is 6.19. The van der Waals surface area contributed by atoms with Crippen molar-refractivity contribution in [2.24, 2.45) is 12.8 Å². The molecule has 1 aromatic rings. The van der Waals surface area contributed by atoms with Gasteiger partial charge in [-0.1, -0.05) is 30.9 Å². The monoisotopic (exact) mass is 271 g/mol. The number of aromatic nitrogens is 2. The Kier molecular flexibility index (Phi) is 4.65. The summed E-state index contributed by atoms with van der Waals surface area (Å²) in [6.45, 7) is 2.47. The molecule has 18 heavy (non-hydrogen) atoms. The summed E-state index contributed by atoms with van der Waals surface area (Å²) >= 11 is 6.19. The van der Waals surface area contributed by atoms with Crippen molar-refractivity contribution in [3.8, 4) is 0 Å². The second kappa shape index (κ2) is 6.04. The van der Waals surface area contributed by atoms with E-state index in [1.165, 1.54) is 19.3 Å². The van der Waals surface area contributed by atoms with E-state index in [0.29, 0.717) is 11.8 Å². The molecule has 1 fully saturated rings. The quantitative estimate of drug-likeness (QED) is 0.860. The van der Waals surface area contributed by atoms with Crippen LogP contribution in [0.25, 0.3) is 0 Å². The molecule has 1 aliphatic rings. The number of aryl methyl sites for hydroxylation is 2. The van der Waals surface area contributed by atoms with Crippen LogP contribution in [0.3, 0.4) is 0 Å². The van der Waals surface area contributed by atoms with E-state index in [0.717, 1.165) is 24.1 Å². The SMILES string of the molecule is Cc1nn(C)c(Cl)c1COC1CCCCCC1N. The zero-order valence-corrected chi connectivity index (χ0v) is 11.9. The van der Waals surface area contributed by atoms with Crippen LogP contribution in [0.5, 0.6) is 0 Å². The van der Waals surface area contributed by atoms with Crippen LogP contribution < -0.4 is 5.73 Å². The molecule has 1 aliphatic carbocycles. The number of hydrogen-bond acceptors (Lipinski definition) is 3. The summed E-state index contributed by atoms with van der Waals surface area (Å²) in [7, 11) is 1.84. The fourth-order valence-corrected chi connectivity index (χ4v) is 2.77. The van der Waals surface area contributed by atoms with E-state index in [1.807, 2.05) is 14.0 Å². The molecule has 2 N–H and O–H groups in total. The maximum atomic E-state index is 6.19. The average Bonchev–Trinajstić information content (AvgIpc) is 2.51. The Hall–Kier alpha value is -0.580. The van der Waals surface area contributed by atoms with Gasteiger partial charge in [0.1, 0.15) is 5.15 Å². The zero-order chi connectivity index (χ0) is 13.1. The molecule has 0 radical (unpaired) electrons. The summed E-state index contributed by atoms with van der Waals surface area (Å²) in [5, 5.41) is 4.95. The van der Waals surface area contributed by atoms with Crippen LogP contribution in [0.15, 0.2) is 0 Å². The van der Waals surface area contributed by atoms with Gasteiger partial charge in [0.05, 0.1) is 18.4 Å². The van der Waals surface area contributed by atoms with Crippen molar-refractivity contribution in [3.05, 3.63) is 16.4 Å². The second-order valence-corrected chi connectivity index (χ2v) is 5.49. The van der Waals surface area contributed by atoms with E-state index in [9.17, 15) is 0 Å². The van der Waals surface area contributed by atoms with Crippen LogP contribution in [0.2, 0.25) is 5.15 Å². The van der Waals surface area contributed by atoms with E-state index >= 15 is 0 Å². The van der Waals surface area contributed by atoms with Gasteiger partial charge in [0, 0.05) is 18.7 Å². The summed E-state index contributed by atoms with van der Waals surface area (Å²) in [5.74, 6) is 0.